The summed E-state index contributed by atoms with van der Waals surface area (Å²) >= 11 is 5.28. The summed E-state index contributed by atoms with van der Waals surface area (Å²) in [6.45, 7) is 2.01. The number of hydrogen-bond acceptors (Lipinski definition) is 3. The van der Waals surface area contributed by atoms with Crippen LogP contribution in [-0.2, 0) is 0 Å². The lowest BCUT2D eigenvalue weighted by atomic mass is 10.1. The van der Waals surface area contributed by atoms with Crippen molar-refractivity contribution in [1.29, 1.82) is 0 Å². The second kappa shape index (κ2) is 5.35. The zero-order valence-electron chi connectivity index (χ0n) is 11.0. The first-order valence-corrected chi connectivity index (χ1v) is 6.72. The fourth-order valence-electron chi connectivity index (χ4n) is 2.10. The summed E-state index contributed by atoms with van der Waals surface area (Å²) in [5.41, 5.74) is 4.14. The van der Waals surface area contributed by atoms with Crippen LogP contribution in [0, 0.1) is 11.6 Å². The third kappa shape index (κ3) is 2.51. The lowest BCUT2D eigenvalue weighted by Gasteiger charge is -2.08. The Labute approximate surface area is 122 Å². The number of benzene rings is 1. The molecule has 1 N–H and O–H groups in total. The first-order chi connectivity index (χ1) is 9.74. The molecule has 2 aromatic heterocycles. The second-order valence-electron chi connectivity index (χ2n) is 4.54. The maximum absolute atomic E-state index is 5.28. The highest BCUT2D eigenvalue weighted by molar-refractivity contribution is 7.71. The average Bonchev–Trinajstić information content (AvgIpc) is 2.48. The Morgan fingerprint density at radius 1 is 1.10 bits per heavy atom. The number of aromatic nitrogens is 3. The van der Waals surface area contributed by atoms with Crippen molar-refractivity contribution in [2.75, 3.05) is 0 Å². The van der Waals surface area contributed by atoms with E-state index in [-0.39, 0.29) is 0 Å². The number of nitrogens with one attached hydrogen (secondary N) is 1. The lowest BCUT2D eigenvalue weighted by Crippen LogP contribution is -1.95. The second-order valence-corrected chi connectivity index (χ2v) is 4.96. The van der Waals surface area contributed by atoms with Gasteiger partial charge < -0.3 is 4.98 Å². The number of nitrogens with zero attached hydrogens (tertiary/aromatic N) is 2. The van der Waals surface area contributed by atoms with E-state index in [4.69, 9.17) is 12.2 Å². The van der Waals surface area contributed by atoms with Crippen LogP contribution in [-0.4, -0.2) is 15.0 Å². The predicted molar refractivity (Wildman–Crippen MR) is 82.8 cm³/mol. The van der Waals surface area contributed by atoms with Crippen LogP contribution in [0.25, 0.3) is 22.6 Å². The fourth-order valence-corrected chi connectivity index (χ4v) is 2.31. The average molecular weight is 279 g/mol. The van der Waals surface area contributed by atoms with E-state index < -0.39 is 0 Å². The number of rotatable bonds is 2. The summed E-state index contributed by atoms with van der Waals surface area (Å²) in [5.74, 6) is 0.774. The van der Waals surface area contributed by atoms with Crippen molar-refractivity contribution in [1.82, 2.24) is 15.0 Å². The smallest absolute Gasteiger partial charge is 0.139 e. The molecule has 98 valence electrons. The van der Waals surface area contributed by atoms with Crippen molar-refractivity contribution >= 4 is 12.2 Å². The minimum Gasteiger partial charge on any atom is -0.339 e. The molecule has 0 saturated carbocycles. The van der Waals surface area contributed by atoms with Crippen molar-refractivity contribution in [2.45, 2.75) is 6.92 Å². The monoisotopic (exact) mass is 279 g/mol. The van der Waals surface area contributed by atoms with E-state index in [1.165, 1.54) is 0 Å². The summed E-state index contributed by atoms with van der Waals surface area (Å²) in [4.78, 5) is 11.9. The summed E-state index contributed by atoms with van der Waals surface area (Å²) < 4.78 is 0.578. The van der Waals surface area contributed by atoms with Gasteiger partial charge in [0, 0.05) is 23.7 Å². The van der Waals surface area contributed by atoms with Crippen LogP contribution >= 0.6 is 12.2 Å². The molecule has 1 aromatic carbocycles. The Bertz CT molecular complexity index is 794. The van der Waals surface area contributed by atoms with Crippen molar-refractivity contribution in [3.8, 4) is 22.6 Å². The molecule has 0 spiro atoms. The quantitative estimate of drug-likeness (QED) is 0.716. The van der Waals surface area contributed by atoms with Crippen LogP contribution in [0.5, 0.6) is 0 Å². The number of pyridine rings is 1. The van der Waals surface area contributed by atoms with Gasteiger partial charge in [-0.15, -0.1) is 0 Å². The van der Waals surface area contributed by atoms with E-state index >= 15 is 0 Å². The van der Waals surface area contributed by atoms with Gasteiger partial charge in [0.15, 0.2) is 0 Å². The van der Waals surface area contributed by atoms with Crippen molar-refractivity contribution in [3.63, 3.8) is 0 Å². The first-order valence-electron chi connectivity index (χ1n) is 6.32. The van der Waals surface area contributed by atoms with Crippen LogP contribution in [0.1, 0.15) is 5.56 Å². The van der Waals surface area contributed by atoms with Crippen LogP contribution in [0.2, 0.25) is 0 Å². The highest BCUT2D eigenvalue weighted by Gasteiger charge is 2.06. The zero-order chi connectivity index (χ0) is 13.9. The maximum atomic E-state index is 5.28. The fraction of sp³-hybridized carbons (Fsp3) is 0.0625. The molecule has 3 nitrogen and oxygen atoms in total. The van der Waals surface area contributed by atoms with Gasteiger partial charge >= 0.3 is 0 Å². The molecule has 0 aliphatic heterocycles. The van der Waals surface area contributed by atoms with Crippen molar-refractivity contribution in [2.24, 2.45) is 0 Å². The predicted octanol–water partition coefficient (Wildman–Crippen LogP) is 4.18. The molecular formula is C16H13N3S. The van der Waals surface area contributed by atoms with Gasteiger partial charge in [0.1, 0.15) is 10.5 Å². The molecule has 4 heteroatoms. The number of aromatic amines is 1. The third-order valence-corrected chi connectivity index (χ3v) is 3.31. The molecule has 0 bridgehead atoms. The van der Waals surface area contributed by atoms with Crippen LogP contribution in [0.15, 0.2) is 54.9 Å². The Kier molecular flexibility index (Phi) is 3.39. The van der Waals surface area contributed by atoms with E-state index in [1.54, 1.807) is 6.20 Å². The van der Waals surface area contributed by atoms with Crippen molar-refractivity contribution < 1.29 is 0 Å². The zero-order valence-corrected chi connectivity index (χ0v) is 11.8. The molecule has 0 unspecified atom stereocenters. The molecule has 3 aromatic rings. The molecule has 0 radical (unpaired) electrons. The highest BCUT2D eigenvalue weighted by Crippen LogP contribution is 2.22. The Balaban J connectivity index is 2.18. The number of hydrogen-bond donors (Lipinski definition) is 1. The summed E-state index contributed by atoms with van der Waals surface area (Å²) in [6.07, 6.45) is 3.58. The molecule has 20 heavy (non-hydrogen) atoms. The lowest BCUT2D eigenvalue weighted by molar-refractivity contribution is 1.14. The van der Waals surface area contributed by atoms with Gasteiger partial charge in [-0.3, -0.25) is 4.98 Å². The summed E-state index contributed by atoms with van der Waals surface area (Å²) in [6, 6.07) is 13.9. The Morgan fingerprint density at radius 3 is 2.65 bits per heavy atom. The standard InChI is InChI=1S/C16H13N3S/c1-11-10-17-8-7-13(11)16-18-14(9-15(20)19-16)12-5-3-2-4-6-12/h2-10H,1H3,(H,18,19,20). The largest absolute Gasteiger partial charge is 0.339 e. The van der Waals surface area contributed by atoms with E-state index in [9.17, 15) is 0 Å². The molecular weight excluding hydrogens is 266 g/mol. The molecule has 0 amide bonds. The highest BCUT2D eigenvalue weighted by atomic mass is 32.1. The van der Waals surface area contributed by atoms with Crippen molar-refractivity contribution in [3.05, 3.63) is 65.1 Å². The first kappa shape index (κ1) is 12.7. The molecule has 0 aliphatic carbocycles. The third-order valence-electron chi connectivity index (χ3n) is 3.10. The SMILES string of the molecule is Cc1cnccc1-c1nc(=S)cc(-c2ccccc2)[nH]1. The van der Waals surface area contributed by atoms with E-state index in [0.717, 1.165) is 28.2 Å². The number of H-pyrrole nitrogens is 1. The van der Waals surface area contributed by atoms with Gasteiger partial charge in [-0.25, -0.2) is 4.98 Å². The Morgan fingerprint density at radius 2 is 1.90 bits per heavy atom. The molecule has 0 fully saturated rings. The van der Waals surface area contributed by atoms with Gasteiger partial charge in [0.05, 0.1) is 0 Å². The molecule has 2 heterocycles. The van der Waals surface area contributed by atoms with E-state index in [1.807, 2.05) is 55.6 Å². The van der Waals surface area contributed by atoms with E-state index in [0.29, 0.717) is 4.64 Å². The van der Waals surface area contributed by atoms with Gasteiger partial charge in [-0.05, 0) is 30.2 Å². The van der Waals surface area contributed by atoms with Gasteiger partial charge in [0.2, 0.25) is 0 Å². The molecule has 0 saturated heterocycles. The molecule has 3 rings (SSSR count). The van der Waals surface area contributed by atoms with Gasteiger partial charge in [-0.1, -0.05) is 42.5 Å². The van der Waals surface area contributed by atoms with Gasteiger partial charge in [0.25, 0.3) is 0 Å². The topological polar surface area (TPSA) is 41.6 Å². The van der Waals surface area contributed by atoms with Crippen LogP contribution in [0.4, 0.5) is 0 Å². The van der Waals surface area contributed by atoms with E-state index in [2.05, 4.69) is 15.0 Å². The normalized spacial score (nSPS) is 10.4. The number of aryl methyl sites for hydroxylation is 1. The van der Waals surface area contributed by atoms with Crippen LogP contribution < -0.4 is 0 Å². The minimum absolute atomic E-state index is 0.578. The minimum atomic E-state index is 0.578. The molecule has 0 atom stereocenters. The summed E-state index contributed by atoms with van der Waals surface area (Å²) in [7, 11) is 0. The maximum Gasteiger partial charge on any atom is 0.139 e. The Hall–Kier alpha value is -2.33. The van der Waals surface area contributed by atoms with Gasteiger partial charge in [-0.2, -0.15) is 0 Å². The van der Waals surface area contributed by atoms with Crippen LogP contribution in [0.3, 0.4) is 0 Å². The molecule has 0 aliphatic rings. The summed E-state index contributed by atoms with van der Waals surface area (Å²) in [5, 5.41) is 0.